The molecule has 1 aliphatic heterocycles. The van der Waals surface area contributed by atoms with Gasteiger partial charge in [0.05, 0.1) is 5.92 Å². The summed E-state index contributed by atoms with van der Waals surface area (Å²) in [7, 11) is 0. The molecule has 28 heavy (non-hydrogen) atoms. The fourth-order valence-corrected chi connectivity index (χ4v) is 3.88. The van der Waals surface area contributed by atoms with Crippen molar-refractivity contribution in [3.05, 3.63) is 58.8 Å². The van der Waals surface area contributed by atoms with Gasteiger partial charge in [0, 0.05) is 29.1 Å². The van der Waals surface area contributed by atoms with Gasteiger partial charge in [-0.15, -0.1) is 0 Å². The van der Waals surface area contributed by atoms with E-state index in [-0.39, 0.29) is 18.2 Å². The lowest BCUT2D eigenvalue weighted by atomic mass is 9.98. The van der Waals surface area contributed by atoms with Crippen LogP contribution in [0, 0.1) is 12.8 Å². The highest BCUT2D eigenvalue weighted by Gasteiger charge is 2.31. The van der Waals surface area contributed by atoms with Gasteiger partial charge < -0.3 is 14.4 Å². The molecule has 0 radical (unpaired) electrons. The van der Waals surface area contributed by atoms with Crippen molar-refractivity contribution in [3.63, 3.8) is 0 Å². The number of carbonyl (C=O) groups is 2. The Morgan fingerprint density at radius 1 is 1.14 bits per heavy atom. The predicted molar refractivity (Wildman–Crippen MR) is 108 cm³/mol. The number of hydrogen-bond donors (Lipinski definition) is 1. The molecule has 1 aromatic heterocycles. The zero-order valence-electron chi connectivity index (χ0n) is 15.4. The molecule has 1 aliphatic rings. The Labute approximate surface area is 167 Å². The van der Waals surface area contributed by atoms with Crippen molar-refractivity contribution in [2.24, 2.45) is 5.92 Å². The monoisotopic (exact) mass is 397 g/mol. The molecule has 1 saturated heterocycles. The first-order valence-electron chi connectivity index (χ1n) is 9.25. The number of aliphatic carboxylic acids is 1. The van der Waals surface area contributed by atoms with Crippen LogP contribution in [0.1, 0.15) is 29.0 Å². The van der Waals surface area contributed by atoms with Crippen molar-refractivity contribution in [2.45, 2.75) is 19.8 Å². The first-order valence-corrected chi connectivity index (χ1v) is 9.63. The fraction of sp³-hybridized carbons (Fsp3) is 0.273. The summed E-state index contributed by atoms with van der Waals surface area (Å²) in [6.45, 7) is 2.63. The van der Waals surface area contributed by atoms with Gasteiger partial charge in [0.1, 0.15) is 5.58 Å². The van der Waals surface area contributed by atoms with E-state index in [4.69, 9.17) is 16.0 Å². The maximum atomic E-state index is 13.0. The molecule has 1 atom stereocenters. The van der Waals surface area contributed by atoms with Crippen LogP contribution in [-0.2, 0) is 4.79 Å². The summed E-state index contributed by atoms with van der Waals surface area (Å²) in [5.74, 6) is -1.33. The van der Waals surface area contributed by atoms with E-state index in [1.807, 2.05) is 49.4 Å². The van der Waals surface area contributed by atoms with Gasteiger partial charge >= 0.3 is 5.97 Å². The third-order valence-corrected chi connectivity index (χ3v) is 5.62. The van der Waals surface area contributed by atoms with E-state index in [1.165, 1.54) is 0 Å². The minimum Gasteiger partial charge on any atom is -0.481 e. The molecule has 0 saturated carbocycles. The Kier molecular flexibility index (Phi) is 4.85. The van der Waals surface area contributed by atoms with E-state index in [2.05, 4.69) is 0 Å². The molecule has 144 valence electrons. The second kappa shape index (κ2) is 7.32. The SMILES string of the molecule is Cc1c(C(=O)N2CCCC(C(=O)O)C2)oc2cc(-c3ccc(Cl)cc3)ccc12. The second-order valence-electron chi connectivity index (χ2n) is 7.20. The molecule has 2 heterocycles. The average molecular weight is 398 g/mol. The van der Waals surface area contributed by atoms with E-state index in [9.17, 15) is 14.7 Å². The smallest absolute Gasteiger partial charge is 0.308 e. The molecule has 1 unspecified atom stereocenters. The first kappa shape index (κ1) is 18.6. The summed E-state index contributed by atoms with van der Waals surface area (Å²) in [4.78, 5) is 25.9. The molecular formula is C22H20ClNO4. The Morgan fingerprint density at radius 3 is 2.57 bits per heavy atom. The number of carboxylic acid groups (broad SMARTS) is 1. The van der Waals surface area contributed by atoms with Crippen LogP contribution < -0.4 is 0 Å². The van der Waals surface area contributed by atoms with Gasteiger partial charge in [0.25, 0.3) is 5.91 Å². The van der Waals surface area contributed by atoms with E-state index < -0.39 is 11.9 Å². The number of hydrogen-bond acceptors (Lipinski definition) is 3. The maximum absolute atomic E-state index is 13.0. The summed E-state index contributed by atoms with van der Waals surface area (Å²) in [5, 5.41) is 10.8. The van der Waals surface area contributed by atoms with Crippen molar-refractivity contribution in [2.75, 3.05) is 13.1 Å². The summed E-state index contributed by atoms with van der Waals surface area (Å²) in [5.41, 5.74) is 3.40. The van der Waals surface area contributed by atoms with Gasteiger partial charge in [-0.05, 0) is 49.1 Å². The number of halogens is 1. The number of likely N-dealkylation sites (tertiary alicyclic amines) is 1. The van der Waals surface area contributed by atoms with Crippen molar-refractivity contribution < 1.29 is 19.1 Å². The number of carboxylic acids is 1. The Hall–Kier alpha value is -2.79. The second-order valence-corrected chi connectivity index (χ2v) is 7.64. The van der Waals surface area contributed by atoms with E-state index in [1.54, 1.807) is 4.90 Å². The average Bonchev–Trinajstić information content (AvgIpc) is 3.04. The van der Waals surface area contributed by atoms with Crippen molar-refractivity contribution in [1.29, 1.82) is 0 Å². The van der Waals surface area contributed by atoms with Crippen molar-refractivity contribution in [1.82, 2.24) is 4.90 Å². The minimum absolute atomic E-state index is 0.223. The van der Waals surface area contributed by atoms with Crippen LogP contribution in [0.2, 0.25) is 5.02 Å². The Morgan fingerprint density at radius 2 is 1.86 bits per heavy atom. The number of amides is 1. The van der Waals surface area contributed by atoms with Crippen LogP contribution in [0.15, 0.2) is 46.9 Å². The van der Waals surface area contributed by atoms with Gasteiger partial charge in [-0.2, -0.15) is 0 Å². The van der Waals surface area contributed by atoms with E-state index in [0.29, 0.717) is 30.0 Å². The highest BCUT2D eigenvalue weighted by molar-refractivity contribution is 6.30. The van der Waals surface area contributed by atoms with Crippen molar-refractivity contribution in [3.8, 4) is 11.1 Å². The summed E-state index contributed by atoms with van der Waals surface area (Å²) < 4.78 is 5.93. The summed E-state index contributed by atoms with van der Waals surface area (Å²) in [6, 6.07) is 13.4. The molecule has 3 aromatic rings. The van der Waals surface area contributed by atoms with Gasteiger partial charge in [-0.25, -0.2) is 0 Å². The van der Waals surface area contributed by atoms with Gasteiger partial charge in [-0.3, -0.25) is 9.59 Å². The number of furan rings is 1. The topological polar surface area (TPSA) is 70.8 Å². The lowest BCUT2D eigenvalue weighted by Gasteiger charge is -2.30. The number of fused-ring (bicyclic) bond motifs is 1. The number of benzene rings is 2. The summed E-state index contributed by atoms with van der Waals surface area (Å²) >= 11 is 5.96. The van der Waals surface area contributed by atoms with Crippen LogP contribution in [0.5, 0.6) is 0 Å². The van der Waals surface area contributed by atoms with Crippen molar-refractivity contribution >= 4 is 34.4 Å². The lowest BCUT2D eigenvalue weighted by Crippen LogP contribution is -2.42. The molecule has 6 heteroatoms. The molecule has 2 aromatic carbocycles. The highest BCUT2D eigenvalue weighted by atomic mass is 35.5. The zero-order valence-corrected chi connectivity index (χ0v) is 16.2. The highest BCUT2D eigenvalue weighted by Crippen LogP contribution is 2.31. The number of piperidine rings is 1. The number of rotatable bonds is 3. The van der Waals surface area contributed by atoms with Gasteiger partial charge in [0.15, 0.2) is 5.76 Å². The van der Waals surface area contributed by atoms with Crippen LogP contribution in [0.4, 0.5) is 0 Å². The molecule has 1 fully saturated rings. The van der Waals surface area contributed by atoms with Crippen LogP contribution in [-0.4, -0.2) is 35.0 Å². The summed E-state index contributed by atoms with van der Waals surface area (Å²) in [6.07, 6.45) is 1.28. The standard InChI is InChI=1S/C22H20ClNO4/c1-13-18-9-6-15(14-4-7-17(23)8-5-14)11-19(18)28-20(13)21(25)24-10-2-3-16(12-24)22(26)27/h4-9,11,16H,2-3,10,12H2,1H3,(H,26,27). The Balaban J connectivity index is 1.66. The molecule has 1 amide bonds. The number of aryl methyl sites for hydroxylation is 1. The Bertz CT molecular complexity index is 1050. The molecule has 5 nitrogen and oxygen atoms in total. The van der Waals surface area contributed by atoms with Crippen LogP contribution in [0.3, 0.4) is 0 Å². The van der Waals surface area contributed by atoms with E-state index in [0.717, 1.165) is 22.1 Å². The fourth-order valence-electron chi connectivity index (χ4n) is 3.76. The lowest BCUT2D eigenvalue weighted by molar-refractivity contribution is -0.143. The van der Waals surface area contributed by atoms with Crippen LogP contribution in [0.25, 0.3) is 22.1 Å². The van der Waals surface area contributed by atoms with Gasteiger partial charge in [0.2, 0.25) is 0 Å². The van der Waals surface area contributed by atoms with Gasteiger partial charge in [-0.1, -0.05) is 35.9 Å². The number of carbonyl (C=O) groups excluding carboxylic acids is 1. The van der Waals surface area contributed by atoms with E-state index >= 15 is 0 Å². The quantitative estimate of drug-likeness (QED) is 0.675. The largest absolute Gasteiger partial charge is 0.481 e. The third kappa shape index (κ3) is 3.38. The normalized spacial score (nSPS) is 17.1. The zero-order chi connectivity index (χ0) is 19.8. The first-order chi connectivity index (χ1) is 13.4. The minimum atomic E-state index is -0.855. The molecule has 1 N–H and O–H groups in total. The third-order valence-electron chi connectivity index (χ3n) is 5.37. The van der Waals surface area contributed by atoms with Crippen LogP contribution >= 0.6 is 11.6 Å². The molecule has 0 bridgehead atoms. The predicted octanol–water partition coefficient (Wildman–Crippen LogP) is 5.00. The number of nitrogens with zero attached hydrogens (tertiary/aromatic N) is 1. The molecule has 4 rings (SSSR count). The molecule has 0 spiro atoms. The molecule has 0 aliphatic carbocycles. The molecular weight excluding hydrogens is 378 g/mol. The maximum Gasteiger partial charge on any atom is 0.308 e.